The van der Waals surface area contributed by atoms with Gasteiger partial charge < -0.3 is 0 Å². The lowest BCUT2D eigenvalue weighted by atomic mass is 9.72. The third kappa shape index (κ3) is 1.40. The van der Waals surface area contributed by atoms with Crippen molar-refractivity contribution in [2.75, 3.05) is 6.61 Å². The first-order chi connectivity index (χ1) is 8.38. The minimum atomic E-state index is 0.403. The number of allylic oxidation sites excluding steroid dienone is 2. The van der Waals surface area contributed by atoms with E-state index in [0.29, 0.717) is 6.10 Å². The molecule has 7 atom stereocenters. The molecule has 0 aromatic heterocycles. The van der Waals surface area contributed by atoms with Crippen molar-refractivity contribution in [1.82, 2.24) is 0 Å². The lowest BCUT2D eigenvalue weighted by molar-refractivity contribution is -0.335. The van der Waals surface area contributed by atoms with Crippen molar-refractivity contribution in [2.45, 2.75) is 38.7 Å². The van der Waals surface area contributed by atoms with Gasteiger partial charge in [-0.2, -0.15) is 0 Å². The standard InChI is InChI=1S/C15H22O2/c1-2-5-16-17-13-8-11-7-12(13)15-10-4-3-9(6-10)14(11)15/h3-4,9-15H,2,5-8H2,1H3. The van der Waals surface area contributed by atoms with Gasteiger partial charge in [0, 0.05) is 0 Å². The Hall–Kier alpha value is -0.340. The molecule has 0 N–H and O–H groups in total. The van der Waals surface area contributed by atoms with Crippen molar-refractivity contribution in [3.05, 3.63) is 12.2 Å². The van der Waals surface area contributed by atoms with Crippen LogP contribution in [-0.2, 0) is 9.78 Å². The zero-order valence-electron chi connectivity index (χ0n) is 10.5. The Morgan fingerprint density at radius 3 is 2.71 bits per heavy atom. The van der Waals surface area contributed by atoms with E-state index in [4.69, 9.17) is 9.78 Å². The van der Waals surface area contributed by atoms with Crippen LogP contribution in [-0.4, -0.2) is 12.7 Å². The lowest BCUT2D eigenvalue weighted by Crippen LogP contribution is -2.35. The monoisotopic (exact) mass is 234 g/mol. The van der Waals surface area contributed by atoms with E-state index in [1.165, 1.54) is 19.3 Å². The number of hydrogen-bond acceptors (Lipinski definition) is 2. The molecule has 2 heteroatoms. The molecular formula is C15H22O2. The highest BCUT2D eigenvalue weighted by molar-refractivity contribution is 5.20. The second-order valence-electron chi connectivity index (χ2n) is 6.46. The van der Waals surface area contributed by atoms with Crippen LogP contribution in [0.4, 0.5) is 0 Å². The molecule has 0 spiro atoms. The second-order valence-corrected chi connectivity index (χ2v) is 6.46. The summed E-state index contributed by atoms with van der Waals surface area (Å²) >= 11 is 0. The Morgan fingerprint density at radius 1 is 1.06 bits per heavy atom. The van der Waals surface area contributed by atoms with Crippen LogP contribution in [0, 0.1) is 35.5 Å². The first kappa shape index (κ1) is 10.6. The van der Waals surface area contributed by atoms with Crippen LogP contribution in [0.25, 0.3) is 0 Å². The van der Waals surface area contributed by atoms with Gasteiger partial charge >= 0.3 is 0 Å². The summed E-state index contributed by atoms with van der Waals surface area (Å²) in [6.07, 6.45) is 10.5. The van der Waals surface area contributed by atoms with E-state index >= 15 is 0 Å². The molecule has 0 amide bonds. The molecule has 0 saturated heterocycles. The van der Waals surface area contributed by atoms with E-state index in [-0.39, 0.29) is 0 Å². The smallest absolute Gasteiger partial charge is 0.0963 e. The molecule has 3 fully saturated rings. The van der Waals surface area contributed by atoms with Gasteiger partial charge in [0.2, 0.25) is 0 Å². The van der Waals surface area contributed by atoms with Gasteiger partial charge in [-0.05, 0) is 61.2 Å². The summed E-state index contributed by atoms with van der Waals surface area (Å²) in [5.74, 6) is 5.44. The molecule has 4 rings (SSSR count). The molecule has 0 aliphatic heterocycles. The Kier molecular flexibility index (Phi) is 2.38. The Balaban J connectivity index is 1.46. The van der Waals surface area contributed by atoms with Gasteiger partial charge in [-0.25, -0.2) is 9.78 Å². The highest BCUT2D eigenvalue weighted by atomic mass is 17.2. The predicted molar refractivity (Wildman–Crippen MR) is 65.0 cm³/mol. The van der Waals surface area contributed by atoms with E-state index in [1.54, 1.807) is 0 Å². The molecule has 4 aliphatic rings. The molecule has 17 heavy (non-hydrogen) atoms. The van der Waals surface area contributed by atoms with Gasteiger partial charge in [0.15, 0.2) is 0 Å². The fourth-order valence-electron chi connectivity index (χ4n) is 5.28. The fourth-order valence-corrected chi connectivity index (χ4v) is 5.28. The van der Waals surface area contributed by atoms with Gasteiger partial charge in [0.05, 0.1) is 12.7 Å². The first-order valence-electron chi connectivity index (χ1n) is 7.35. The maximum absolute atomic E-state index is 5.67. The minimum Gasteiger partial charge on any atom is -0.236 e. The van der Waals surface area contributed by atoms with Crippen molar-refractivity contribution in [2.24, 2.45) is 35.5 Å². The average Bonchev–Trinajstić information content (AvgIpc) is 3.07. The molecule has 7 unspecified atom stereocenters. The molecule has 0 heterocycles. The van der Waals surface area contributed by atoms with Crippen LogP contribution in [0.1, 0.15) is 32.6 Å². The molecule has 4 bridgehead atoms. The Labute approximate surface area is 103 Å². The molecule has 4 aliphatic carbocycles. The van der Waals surface area contributed by atoms with Gasteiger partial charge in [-0.15, -0.1) is 0 Å². The van der Waals surface area contributed by atoms with Crippen LogP contribution in [0.15, 0.2) is 12.2 Å². The van der Waals surface area contributed by atoms with Crippen LogP contribution >= 0.6 is 0 Å². The molecular weight excluding hydrogens is 212 g/mol. The zero-order chi connectivity index (χ0) is 11.4. The third-order valence-corrected chi connectivity index (χ3v) is 5.69. The highest BCUT2D eigenvalue weighted by Crippen LogP contribution is 2.65. The molecule has 0 radical (unpaired) electrons. The number of rotatable bonds is 4. The highest BCUT2D eigenvalue weighted by Gasteiger charge is 2.61. The Morgan fingerprint density at radius 2 is 1.88 bits per heavy atom. The van der Waals surface area contributed by atoms with Gasteiger partial charge in [0.25, 0.3) is 0 Å². The second kappa shape index (κ2) is 3.83. The summed E-state index contributed by atoms with van der Waals surface area (Å²) in [6, 6.07) is 0. The van der Waals surface area contributed by atoms with E-state index < -0.39 is 0 Å². The molecule has 94 valence electrons. The van der Waals surface area contributed by atoms with Gasteiger partial charge in [0.1, 0.15) is 0 Å². The zero-order valence-corrected chi connectivity index (χ0v) is 10.5. The molecule has 2 nitrogen and oxygen atoms in total. The summed E-state index contributed by atoms with van der Waals surface area (Å²) in [6.45, 7) is 2.87. The fraction of sp³-hybridized carbons (Fsp3) is 0.867. The van der Waals surface area contributed by atoms with Gasteiger partial charge in [-0.1, -0.05) is 19.1 Å². The summed E-state index contributed by atoms with van der Waals surface area (Å²) < 4.78 is 0. The van der Waals surface area contributed by atoms with Crippen LogP contribution in [0.3, 0.4) is 0 Å². The van der Waals surface area contributed by atoms with E-state index in [2.05, 4.69) is 19.1 Å². The third-order valence-electron chi connectivity index (χ3n) is 5.69. The number of hydrogen-bond donors (Lipinski definition) is 0. The normalized spacial score (nSPS) is 53.6. The van der Waals surface area contributed by atoms with E-state index in [1.807, 2.05) is 0 Å². The van der Waals surface area contributed by atoms with Crippen LogP contribution in [0.5, 0.6) is 0 Å². The maximum atomic E-state index is 5.67. The summed E-state index contributed by atoms with van der Waals surface area (Å²) in [4.78, 5) is 11.0. The largest absolute Gasteiger partial charge is 0.236 e. The number of fused-ring (bicyclic) bond motifs is 9. The van der Waals surface area contributed by atoms with E-state index in [0.717, 1.165) is 48.5 Å². The maximum Gasteiger partial charge on any atom is 0.0963 e. The molecule has 3 saturated carbocycles. The topological polar surface area (TPSA) is 18.5 Å². The van der Waals surface area contributed by atoms with Gasteiger partial charge in [-0.3, -0.25) is 0 Å². The van der Waals surface area contributed by atoms with Crippen LogP contribution in [0.2, 0.25) is 0 Å². The first-order valence-corrected chi connectivity index (χ1v) is 7.35. The summed E-state index contributed by atoms with van der Waals surface area (Å²) in [7, 11) is 0. The predicted octanol–water partition coefficient (Wildman–Crippen LogP) is 3.19. The van der Waals surface area contributed by atoms with Crippen LogP contribution < -0.4 is 0 Å². The summed E-state index contributed by atoms with van der Waals surface area (Å²) in [5, 5.41) is 0. The van der Waals surface area contributed by atoms with Crippen molar-refractivity contribution in [3.63, 3.8) is 0 Å². The lowest BCUT2D eigenvalue weighted by Gasteiger charge is -2.35. The molecule has 0 aromatic carbocycles. The van der Waals surface area contributed by atoms with Crippen molar-refractivity contribution >= 4 is 0 Å². The van der Waals surface area contributed by atoms with Crippen molar-refractivity contribution < 1.29 is 9.78 Å². The Bertz CT molecular complexity index is 338. The molecule has 0 aromatic rings. The van der Waals surface area contributed by atoms with Crippen molar-refractivity contribution in [3.8, 4) is 0 Å². The summed E-state index contributed by atoms with van der Waals surface area (Å²) in [5.41, 5.74) is 0. The van der Waals surface area contributed by atoms with Crippen molar-refractivity contribution in [1.29, 1.82) is 0 Å². The average molecular weight is 234 g/mol. The quantitative estimate of drug-likeness (QED) is 0.244. The van der Waals surface area contributed by atoms with E-state index in [9.17, 15) is 0 Å². The SMILES string of the molecule is CCCOOC1CC2CC1C1C3C=CC(C3)C21. The minimum absolute atomic E-state index is 0.403.